The van der Waals surface area contributed by atoms with E-state index in [1.165, 1.54) is 21.8 Å². The SMILES string of the molecule is C[CH2][Al+][CH2]c1cccc(N(C)C)c1.[Cl-]. The number of rotatable bonds is 4. The third-order valence-corrected chi connectivity index (χ3v) is 3.43. The summed E-state index contributed by atoms with van der Waals surface area (Å²) in [5.74, 6) is 0. The van der Waals surface area contributed by atoms with Crippen molar-refractivity contribution >= 4 is 20.9 Å². The molecule has 0 saturated heterocycles. The second-order valence-corrected chi connectivity index (χ2v) is 5.27. The molecule has 0 aliphatic heterocycles. The maximum atomic E-state index is 2.29. The van der Waals surface area contributed by atoms with E-state index in [-0.39, 0.29) is 12.4 Å². The van der Waals surface area contributed by atoms with Crippen LogP contribution in [0.5, 0.6) is 0 Å². The van der Waals surface area contributed by atoms with Crippen molar-refractivity contribution in [3.8, 4) is 0 Å². The Bertz CT molecular complexity index is 263. The number of hydrogen-bond acceptors (Lipinski definition) is 1. The number of nitrogens with zero attached hydrogens (tertiary/aromatic N) is 1. The van der Waals surface area contributed by atoms with Crippen LogP contribution in [0, 0.1) is 0 Å². The summed E-state index contributed by atoms with van der Waals surface area (Å²) in [6.07, 6.45) is 0. The first-order chi connectivity index (χ1) is 6.24. The summed E-state index contributed by atoms with van der Waals surface area (Å²) in [4.78, 5) is 2.16. The van der Waals surface area contributed by atoms with Gasteiger partial charge in [-0.1, -0.05) is 0 Å². The third kappa shape index (κ3) is 4.37. The fourth-order valence-electron chi connectivity index (χ4n) is 1.27. The molecule has 0 heterocycles. The molecule has 0 saturated carbocycles. The van der Waals surface area contributed by atoms with Crippen molar-refractivity contribution in [2.45, 2.75) is 17.5 Å². The molecular formula is C11H17AlClN. The van der Waals surface area contributed by atoms with Crippen molar-refractivity contribution in [1.29, 1.82) is 0 Å². The van der Waals surface area contributed by atoms with Crippen LogP contribution in [-0.2, 0) is 5.28 Å². The third-order valence-electron chi connectivity index (χ3n) is 2.10. The Morgan fingerprint density at radius 1 is 1.29 bits per heavy atom. The van der Waals surface area contributed by atoms with E-state index in [1.54, 1.807) is 0 Å². The van der Waals surface area contributed by atoms with E-state index in [1.807, 2.05) is 0 Å². The molecule has 0 radical (unpaired) electrons. The van der Waals surface area contributed by atoms with Gasteiger partial charge in [-0.05, 0) is 0 Å². The van der Waals surface area contributed by atoms with Gasteiger partial charge < -0.3 is 12.4 Å². The molecule has 14 heavy (non-hydrogen) atoms. The van der Waals surface area contributed by atoms with E-state index in [2.05, 4.69) is 50.2 Å². The molecule has 1 aromatic rings. The van der Waals surface area contributed by atoms with Crippen LogP contribution in [0.1, 0.15) is 12.5 Å². The standard InChI is InChI=1S/C9H12N.C2H5.Al.ClH/c1-8-5-4-6-9(7-8)10(2)3;1-2;;/h4-7H,1H2,2-3H3;1H2,2H3;;1H/q;;+1;/p-1. The zero-order chi connectivity index (χ0) is 9.68. The van der Waals surface area contributed by atoms with Crippen LogP contribution >= 0.6 is 0 Å². The largest absolute Gasteiger partial charge is 1.00 e. The Morgan fingerprint density at radius 3 is 2.57 bits per heavy atom. The molecule has 76 valence electrons. The minimum Gasteiger partial charge on any atom is -1.00 e. The predicted molar refractivity (Wildman–Crippen MR) is 60.7 cm³/mol. The van der Waals surface area contributed by atoms with Gasteiger partial charge in [-0.25, -0.2) is 0 Å². The molecule has 0 aliphatic rings. The molecule has 0 aromatic heterocycles. The first-order valence-electron chi connectivity index (χ1n) is 4.82. The fourth-order valence-corrected chi connectivity index (χ4v) is 2.15. The minimum atomic E-state index is 0. The van der Waals surface area contributed by atoms with Crippen LogP contribution in [0.2, 0.25) is 5.28 Å². The van der Waals surface area contributed by atoms with Crippen LogP contribution in [0.3, 0.4) is 0 Å². The number of anilines is 1. The molecule has 0 amide bonds. The average molecular weight is 226 g/mol. The van der Waals surface area contributed by atoms with Gasteiger partial charge in [0, 0.05) is 0 Å². The summed E-state index contributed by atoms with van der Waals surface area (Å²) in [6, 6.07) is 8.84. The number of halogens is 1. The van der Waals surface area contributed by atoms with Gasteiger partial charge in [0.05, 0.1) is 0 Å². The van der Waals surface area contributed by atoms with Gasteiger partial charge in [-0.15, -0.1) is 0 Å². The normalized spacial score (nSPS) is 8.79. The van der Waals surface area contributed by atoms with Crippen molar-refractivity contribution in [3.05, 3.63) is 29.8 Å². The summed E-state index contributed by atoms with van der Waals surface area (Å²) in [7, 11) is 4.18. The maximum absolute atomic E-state index is 2.29. The van der Waals surface area contributed by atoms with Gasteiger partial charge in [-0.3, -0.25) is 0 Å². The van der Waals surface area contributed by atoms with Crippen molar-refractivity contribution < 1.29 is 12.4 Å². The Hall–Kier alpha value is -0.158. The van der Waals surface area contributed by atoms with Crippen molar-refractivity contribution in [2.75, 3.05) is 19.0 Å². The Morgan fingerprint density at radius 2 is 2.00 bits per heavy atom. The summed E-state index contributed by atoms with van der Waals surface area (Å²) >= 11 is 0.614. The quantitative estimate of drug-likeness (QED) is 0.619. The van der Waals surface area contributed by atoms with Crippen LogP contribution < -0.4 is 17.3 Å². The predicted octanol–water partition coefficient (Wildman–Crippen LogP) is -0.601. The summed E-state index contributed by atoms with van der Waals surface area (Å²) in [5, 5.41) is 2.64. The molecule has 0 aliphatic carbocycles. The van der Waals surface area contributed by atoms with Crippen molar-refractivity contribution in [2.24, 2.45) is 0 Å². The zero-order valence-corrected chi connectivity index (χ0v) is 11.0. The topological polar surface area (TPSA) is 3.24 Å². The van der Waals surface area contributed by atoms with Gasteiger partial charge in [0.25, 0.3) is 0 Å². The van der Waals surface area contributed by atoms with Crippen LogP contribution in [-0.4, -0.2) is 29.3 Å². The second kappa shape index (κ2) is 7.18. The molecule has 1 rings (SSSR count). The van der Waals surface area contributed by atoms with Gasteiger partial charge >= 0.3 is 87.2 Å². The Balaban J connectivity index is 0.00000169. The molecule has 0 atom stereocenters. The smallest absolute Gasteiger partial charge is 1.00 e. The van der Waals surface area contributed by atoms with Crippen LogP contribution in [0.25, 0.3) is 0 Å². The van der Waals surface area contributed by atoms with Gasteiger partial charge in [0.15, 0.2) is 0 Å². The summed E-state index contributed by atoms with van der Waals surface area (Å²) in [5.41, 5.74) is 2.80. The van der Waals surface area contributed by atoms with E-state index in [0.717, 1.165) is 0 Å². The van der Waals surface area contributed by atoms with Gasteiger partial charge in [0.1, 0.15) is 0 Å². The van der Waals surface area contributed by atoms with Gasteiger partial charge in [0.2, 0.25) is 0 Å². The molecule has 0 N–H and O–H groups in total. The maximum Gasteiger partial charge on any atom is -1.00 e. The first kappa shape index (κ1) is 13.8. The average Bonchev–Trinajstić information content (AvgIpc) is 2.15. The molecule has 0 spiro atoms. The molecule has 1 aromatic carbocycles. The second-order valence-electron chi connectivity index (χ2n) is 3.47. The summed E-state index contributed by atoms with van der Waals surface area (Å²) in [6.45, 7) is 2.27. The van der Waals surface area contributed by atoms with E-state index < -0.39 is 0 Å². The summed E-state index contributed by atoms with van der Waals surface area (Å²) < 4.78 is 0. The first-order valence-corrected chi connectivity index (χ1v) is 6.45. The molecule has 3 heteroatoms. The minimum absolute atomic E-state index is 0. The van der Waals surface area contributed by atoms with E-state index in [4.69, 9.17) is 0 Å². The molecule has 0 unspecified atom stereocenters. The number of hydrogen-bond donors (Lipinski definition) is 0. The molecule has 0 bridgehead atoms. The van der Waals surface area contributed by atoms with Gasteiger partial charge in [-0.2, -0.15) is 0 Å². The molecule has 1 nitrogen and oxygen atoms in total. The Labute approximate surface area is 99.6 Å². The zero-order valence-electron chi connectivity index (χ0n) is 9.13. The monoisotopic (exact) mass is 225 g/mol. The van der Waals surface area contributed by atoms with E-state index in [0.29, 0.717) is 15.2 Å². The van der Waals surface area contributed by atoms with Crippen LogP contribution in [0.15, 0.2) is 24.3 Å². The van der Waals surface area contributed by atoms with E-state index >= 15 is 0 Å². The molecule has 0 fully saturated rings. The van der Waals surface area contributed by atoms with E-state index in [9.17, 15) is 0 Å². The molecular weight excluding hydrogens is 209 g/mol. The van der Waals surface area contributed by atoms with Crippen molar-refractivity contribution in [3.63, 3.8) is 0 Å². The van der Waals surface area contributed by atoms with Crippen molar-refractivity contribution in [1.82, 2.24) is 0 Å². The Kier molecular flexibility index (Phi) is 7.10. The number of benzene rings is 1. The van der Waals surface area contributed by atoms with Crippen LogP contribution in [0.4, 0.5) is 5.69 Å². The fraction of sp³-hybridized carbons (Fsp3) is 0.455.